The number of hydrogen-bond donors (Lipinski definition) is 2. The van der Waals surface area contributed by atoms with Crippen molar-refractivity contribution in [3.05, 3.63) is 64.1 Å². The molecule has 7 nitrogen and oxygen atoms in total. The molecule has 10 heteroatoms. The maximum absolute atomic E-state index is 13.8. The van der Waals surface area contributed by atoms with E-state index >= 15 is 0 Å². The zero-order valence-corrected chi connectivity index (χ0v) is 20.6. The van der Waals surface area contributed by atoms with Crippen molar-refractivity contribution in [1.29, 1.82) is 0 Å². The van der Waals surface area contributed by atoms with E-state index in [4.69, 9.17) is 9.47 Å². The second-order valence-corrected chi connectivity index (χ2v) is 8.73. The van der Waals surface area contributed by atoms with E-state index in [0.29, 0.717) is 49.3 Å². The van der Waals surface area contributed by atoms with Crippen LogP contribution in [0.5, 0.6) is 5.88 Å². The molecule has 1 aromatic carbocycles. The fraction of sp³-hybridized carbons (Fsp3) is 0.423. The third-order valence-electron chi connectivity index (χ3n) is 5.13. The minimum Gasteiger partial charge on any atom is -0.475 e. The standard InChI is InChI=1S/C26H31F3N4O3/c1-4-9-35-10-11-36-24-8-6-19(16-31-24)22-13-23(34)33-25(32-22)20-12-18(15-30-14-17(2)3)5-7-21(20)26(27,28)29/h5-8,12-13,16-17,30H,4,9-11,14-15H2,1-3H3,(H,32,33,34). The normalized spacial score (nSPS) is 11.8. The summed E-state index contributed by atoms with van der Waals surface area (Å²) in [5, 5.41) is 3.21. The topological polar surface area (TPSA) is 89.1 Å². The summed E-state index contributed by atoms with van der Waals surface area (Å²) >= 11 is 0. The molecular formula is C26H31F3N4O3. The van der Waals surface area contributed by atoms with Crippen LogP contribution in [-0.2, 0) is 17.5 Å². The Hall–Kier alpha value is -3.24. The smallest absolute Gasteiger partial charge is 0.417 e. The van der Waals surface area contributed by atoms with Gasteiger partial charge in [0.1, 0.15) is 12.4 Å². The van der Waals surface area contributed by atoms with Gasteiger partial charge in [-0.3, -0.25) is 4.79 Å². The summed E-state index contributed by atoms with van der Waals surface area (Å²) in [6.07, 6.45) is -2.23. The van der Waals surface area contributed by atoms with Crippen molar-refractivity contribution in [2.24, 2.45) is 5.92 Å². The summed E-state index contributed by atoms with van der Waals surface area (Å²) in [7, 11) is 0. The number of ether oxygens (including phenoxy) is 2. The van der Waals surface area contributed by atoms with E-state index in [0.717, 1.165) is 19.0 Å². The van der Waals surface area contributed by atoms with Gasteiger partial charge >= 0.3 is 6.18 Å². The van der Waals surface area contributed by atoms with Gasteiger partial charge in [0, 0.05) is 42.6 Å². The Labute approximate surface area is 208 Å². The van der Waals surface area contributed by atoms with Crippen molar-refractivity contribution in [1.82, 2.24) is 20.3 Å². The molecule has 0 aliphatic heterocycles. The van der Waals surface area contributed by atoms with Gasteiger partial charge in [0.15, 0.2) is 0 Å². The molecule has 194 valence electrons. The fourth-order valence-corrected chi connectivity index (χ4v) is 3.45. The lowest BCUT2D eigenvalue weighted by atomic mass is 10.0. The van der Waals surface area contributed by atoms with Gasteiger partial charge in [-0.05, 0) is 42.6 Å². The van der Waals surface area contributed by atoms with Crippen molar-refractivity contribution in [3.8, 4) is 28.5 Å². The van der Waals surface area contributed by atoms with Crippen LogP contribution in [0, 0.1) is 5.92 Å². The lowest BCUT2D eigenvalue weighted by molar-refractivity contribution is -0.137. The molecule has 0 saturated heterocycles. The molecule has 2 N–H and O–H groups in total. The zero-order valence-electron chi connectivity index (χ0n) is 20.6. The van der Waals surface area contributed by atoms with Gasteiger partial charge in [-0.2, -0.15) is 13.2 Å². The third kappa shape index (κ3) is 7.89. The molecule has 0 spiro atoms. The van der Waals surface area contributed by atoms with E-state index in [-0.39, 0.29) is 17.1 Å². The number of alkyl halides is 3. The number of aromatic amines is 1. The Balaban J connectivity index is 1.88. The minimum absolute atomic E-state index is 0.163. The molecule has 36 heavy (non-hydrogen) atoms. The van der Waals surface area contributed by atoms with E-state index in [1.54, 1.807) is 12.1 Å². The van der Waals surface area contributed by atoms with Crippen molar-refractivity contribution >= 4 is 0 Å². The number of hydrogen-bond acceptors (Lipinski definition) is 6. The van der Waals surface area contributed by atoms with Gasteiger partial charge in [0.2, 0.25) is 5.88 Å². The van der Waals surface area contributed by atoms with Crippen LogP contribution in [0.4, 0.5) is 13.2 Å². The average molecular weight is 505 g/mol. The largest absolute Gasteiger partial charge is 0.475 e. The summed E-state index contributed by atoms with van der Waals surface area (Å²) < 4.78 is 52.3. The lowest BCUT2D eigenvalue weighted by Gasteiger charge is -2.15. The second kappa shape index (κ2) is 12.6. The Morgan fingerprint density at radius 1 is 1.08 bits per heavy atom. The molecular weight excluding hydrogens is 473 g/mol. The molecule has 0 atom stereocenters. The first-order valence-corrected chi connectivity index (χ1v) is 11.9. The van der Waals surface area contributed by atoms with Crippen LogP contribution in [0.3, 0.4) is 0 Å². The van der Waals surface area contributed by atoms with Gasteiger partial charge in [-0.25, -0.2) is 9.97 Å². The highest BCUT2D eigenvalue weighted by Gasteiger charge is 2.34. The Morgan fingerprint density at radius 3 is 2.56 bits per heavy atom. The van der Waals surface area contributed by atoms with E-state index in [1.807, 2.05) is 20.8 Å². The fourth-order valence-electron chi connectivity index (χ4n) is 3.45. The van der Waals surface area contributed by atoms with Crippen LogP contribution in [0.25, 0.3) is 22.6 Å². The second-order valence-electron chi connectivity index (χ2n) is 8.73. The highest BCUT2D eigenvalue weighted by atomic mass is 19.4. The van der Waals surface area contributed by atoms with Gasteiger partial charge in [0.25, 0.3) is 5.56 Å². The van der Waals surface area contributed by atoms with Crippen LogP contribution >= 0.6 is 0 Å². The maximum atomic E-state index is 13.8. The molecule has 2 aromatic heterocycles. The highest BCUT2D eigenvalue weighted by molar-refractivity contribution is 5.66. The number of nitrogens with zero attached hydrogens (tertiary/aromatic N) is 2. The van der Waals surface area contributed by atoms with E-state index in [2.05, 4.69) is 20.3 Å². The van der Waals surface area contributed by atoms with Crippen molar-refractivity contribution < 1.29 is 22.6 Å². The average Bonchev–Trinajstić information content (AvgIpc) is 2.83. The van der Waals surface area contributed by atoms with Crippen LogP contribution < -0.4 is 15.6 Å². The summed E-state index contributed by atoms with van der Waals surface area (Å²) in [4.78, 5) is 23.4. The SMILES string of the molecule is CCCOCCOc1ccc(-c2cc(=O)[nH]c(-c3cc(CNCC(C)C)ccc3C(F)(F)F)n2)cn1. The minimum atomic E-state index is -4.62. The number of benzene rings is 1. The van der Waals surface area contributed by atoms with Gasteiger partial charge in [-0.15, -0.1) is 0 Å². The van der Waals surface area contributed by atoms with Crippen molar-refractivity contribution in [3.63, 3.8) is 0 Å². The number of rotatable bonds is 12. The number of nitrogens with one attached hydrogen (secondary N) is 2. The van der Waals surface area contributed by atoms with Gasteiger partial charge in [-0.1, -0.05) is 26.8 Å². The molecule has 0 fully saturated rings. The Bertz CT molecular complexity index is 1180. The first-order valence-electron chi connectivity index (χ1n) is 11.9. The predicted octanol–water partition coefficient (Wildman–Crippen LogP) is 5.07. The summed E-state index contributed by atoms with van der Waals surface area (Å²) in [5.41, 5.74) is -0.304. The summed E-state index contributed by atoms with van der Waals surface area (Å²) in [6, 6.07) is 8.34. The third-order valence-corrected chi connectivity index (χ3v) is 5.13. The Kier molecular flexibility index (Phi) is 9.60. The number of H-pyrrole nitrogens is 1. The molecule has 2 heterocycles. The molecule has 3 rings (SSSR count). The quantitative estimate of drug-likeness (QED) is 0.335. The zero-order chi connectivity index (χ0) is 26.1. The summed E-state index contributed by atoms with van der Waals surface area (Å²) in [6.45, 7) is 8.64. The summed E-state index contributed by atoms with van der Waals surface area (Å²) in [5.74, 6) is 0.599. The van der Waals surface area contributed by atoms with E-state index in [1.165, 1.54) is 24.4 Å². The van der Waals surface area contributed by atoms with Crippen LogP contribution in [0.15, 0.2) is 47.4 Å². The molecule has 0 amide bonds. The highest BCUT2D eigenvalue weighted by Crippen LogP contribution is 2.36. The van der Waals surface area contributed by atoms with Crippen LogP contribution in [-0.4, -0.2) is 41.3 Å². The lowest BCUT2D eigenvalue weighted by Crippen LogP contribution is -2.19. The van der Waals surface area contributed by atoms with Crippen molar-refractivity contribution in [2.45, 2.75) is 39.9 Å². The molecule has 3 aromatic rings. The van der Waals surface area contributed by atoms with Crippen LogP contribution in [0.1, 0.15) is 38.3 Å². The molecule has 0 bridgehead atoms. The van der Waals surface area contributed by atoms with Gasteiger partial charge in [0.05, 0.1) is 17.9 Å². The first-order chi connectivity index (χ1) is 17.2. The van der Waals surface area contributed by atoms with E-state index in [9.17, 15) is 18.0 Å². The molecule has 0 saturated carbocycles. The maximum Gasteiger partial charge on any atom is 0.417 e. The van der Waals surface area contributed by atoms with Crippen LogP contribution in [0.2, 0.25) is 0 Å². The van der Waals surface area contributed by atoms with E-state index < -0.39 is 17.3 Å². The predicted molar refractivity (Wildman–Crippen MR) is 132 cm³/mol. The molecule has 0 aliphatic carbocycles. The molecule has 0 aliphatic rings. The number of aromatic nitrogens is 3. The van der Waals surface area contributed by atoms with Gasteiger partial charge < -0.3 is 19.8 Å². The number of halogens is 3. The Morgan fingerprint density at radius 2 is 1.89 bits per heavy atom. The number of pyridine rings is 1. The molecule has 0 radical (unpaired) electrons. The molecule has 0 unspecified atom stereocenters. The first kappa shape index (κ1) is 27.3. The monoisotopic (exact) mass is 504 g/mol. The van der Waals surface area contributed by atoms with Crippen molar-refractivity contribution in [2.75, 3.05) is 26.4 Å².